The van der Waals surface area contributed by atoms with Crippen LogP contribution in [0.3, 0.4) is 0 Å². The fourth-order valence-corrected chi connectivity index (χ4v) is 7.55. The quantitative estimate of drug-likeness (QED) is 0.731. The van der Waals surface area contributed by atoms with Gasteiger partial charge in [0.15, 0.2) is 11.6 Å². The molecule has 4 nitrogen and oxygen atoms in total. The van der Waals surface area contributed by atoms with Gasteiger partial charge in [-0.05, 0) is 92.2 Å². The molecule has 0 radical (unpaired) electrons. The topological polar surface area (TPSA) is 57.6 Å². The molecule has 1 aromatic carbocycles. The van der Waals surface area contributed by atoms with Crippen LogP contribution in [0.4, 0.5) is 5.69 Å². The number of aliphatic hydroxyl groups is 1. The molecule has 0 heterocycles. The molecule has 1 aromatic rings. The zero-order valence-electron chi connectivity index (χ0n) is 19.8. The Kier molecular flexibility index (Phi) is 5.01. The first-order valence-electron chi connectivity index (χ1n) is 12.1. The SMILES string of the molecule is CC(=O)[C@@]1(O)CCC2[C@@H]3CCC4=CC(=O)CCC4=C3[C@@H](c3ccc(N(C)C)cc3)C[C@@]21C. The van der Waals surface area contributed by atoms with Crippen LogP contribution in [0.2, 0.25) is 0 Å². The monoisotopic (exact) mass is 433 g/mol. The normalized spacial score (nSPS) is 36.2. The molecule has 0 saturated heterocycles. The largest absolute Gasteiger partial charge is 0.382 e. The molecule has 32 heavy (non-hydrogen) atoms. The Labute approximate surface area is 191 Å². The summed E-state index contributed by atoms with van der Waals surface area (Å²) in [6, 6.07) is 8.78. The number of ketones is 2. The Bertz CT molecular complexity index is 1030. The van der Waals surface area contributed by atoms with Crippen LogP contribution in [-0.4, -0.2) is 36.4 Å². The van der Waals surface area contributed by atoms with Crippen molar-refractivity contribution in [1.82, 2.24) is 0 Å². The van der Waals surface area contributed by atoms with E-state index in [1.807, 2.05) is 20.2 Å². The summed E-state index contributed by atoms with van der Waals surface area (Å²) in [6.45, 7) is 3.74. The molecule has 170 valence electrons. The van der Waals surface area contributed by atoms with Gasteiger partial charge in [-0.1, -0.05) is 24.6 Å². The molecule has 0 aliphatic heterocycles. The number of anilines is 1. The number of nitrogens with zero attached hydrogens (tertiary/aromatic N) is 1. The van der Waals surface area contributed by atoms with Crippen molar-refractivity contribution in [2.24, 2.45) is 17.3 Å². The van der Waals surface area contributed by atoms with E-state index in [9.17, 15) is 14.7 Å². The van der Waals surface area contributed by atoms with Gasteiger partial charge in [0.1, 0.15) is 5.60 Å². The third kappa shape index (κ3) is 2.98. The molecule has 5 atom stereocenters. The molecule has 4 aliphatic rings. The van der Waals surface area contributed by atoms with Crippen molar-refractivity contribution < 1.29 is 14.7 Å². The highest BCUT2D eigenvalue weighted by atomic mass is 16.3. The lowest BCUT2D eigenvalue weighted by Gasteiger charge is -2.54. The molecule has 0 amide bonds. The van der Waals surface area contributed by atoms with Crippen molar-refractivity contribution in [3.63, 3.8) is 0 Å². The molecule has 2 saturated carbocycles. The predicted octanol–water partition coefficient (Wildman–Crippen LogP) is 4.97. The van der Waals surface area contributed by atoms with E-state index in [2.05, 4.69) is 36.1 Å². The molecule has 2 fully saturated rings. The summed E-state index contributed by atoms with van der Waals surface area (Å²) in [6.07, 6.45) is 7.53. The number of allylic oxidation sites excluding steroid dienone is 4. The molecule has 5 rings (SSSR count). The van der Waals surface area contributed by atoms with E-state index in [0.717, 1.165) is 37.8 Å². The maximum absolute atomic E-state index is 12.7. The Balaban J connectivity index is 1.67. The molecular weight excluding hydrogens is 398 g/mol. The van der Waals surface area contributed by atoms with E-state index >= 15 is 0 Å². The number of hydrogen-bond acceptors (Lipinski definition) is 4. The Morgan fingerprint density at radius 2 is 1.81 bits per heavy atom. The Morgan fingerprint density at radius 3 is 2.47 bits per heavy atom. The number of hydrogen-bond donors (Lipinski definition) is 1. The molecule has 4 aliphatic carbocycles. The smallest absolute Gasteiger partial charge is 0.161 e. The van der Waals surface area contributed by atoms with Gasteiger partial charge < -0.3 is 10.0 Å². The lowest BCUT2D eigenvalue weighted by Crippen LogP contribution is -2.55. The first-order chi connectivity index (χ1) is 15.2. The second-order valence-electron chi connectivity index (χ2n) is 10.9. The zero-order chi connectivity index (χ0) is 22.8. The van der Waals surface area contributed by atoms with Crippen molar-refractivity contribution in [3.05, 3.63) is 52.6 Å². The van der Waals surface area contributed by atoms with Crippen molar-refractivity contribution in [2.45, 2.75) is 70.3 Å². The summed E-state index contributed by atoms with van der Waals surface area (Å²) in [5.41, 5.74) is 4.91. The van der Waals surface area contributed by atoms with Crippen molar-refractivity contribution >= 4 is 17.3 Å². The predicted molar refractivity (Wildman–Crippen MR) is 127 cm³/mol. The fraction of sp³-hybridized carbons (Fsp3) is 0.571. The van der Waals surface area contributed by atoms with Crippen LogP contribution in [-0.2, 0) is 9.59 Å². The van der Waals surface area contributed by atoms with Crippen molar-refractivity contribution in [1.29, 1.82) is 0 Å². The third-order valence-electron chi connectivity index (χ3n) is 9.28. The fourth-order valence-electron chi connectivity index (χ4n) is 7.55. The van der Waals surface area contributed by atoms with E-state index in [1.165, 1.54) is 22.3 Å². The number of rotatable bonds is 3. The maximum atomic E-state index is 12.7. The summed E-state index contributed by atoms with van der Waals surface area (Å²) in [5.74, 6) is 1.03. The highest BCUT2D eigenvalue weighted by molar-refractivity contribution is 5.93. The van der Waals surface area contributed by atoms with E-state index in [-0.39, 0.29) is 17.5 Å². The van der Waals surface area contributed by atoms with E-state index in [1.54, 1.807) is 6.92 Å². The average Bonchev–Trinajstić information content (AvgIpc) is 3.04. The number of carbonyl (C=O) groups is 2. The Morgan fingerprint density at radius 1 is 1.09 bits per heavy atom. The minimum atomic E-state index is -1.24. The standard InChI is InChI=1S/C28H35NO3/c1-17(30)28(32)14-13-25-23-11-7-19-15-21(31)10-12-22(19)26(23)24(16-27(25,28)2)18-5-8-20(9-6-18)29(3)4/h5-6,8-9,15,23-25,32H,7,10-14,16H2,1-4H3/t23-,24+,25?,27-,28-/m0/s1. The molecule has 1 N–H and O–H groups in total. The first-order valence-corrected chi connectivity index (χ1v) is 12.1. The number of benzene rings is 1. The van der Waals surface area contributed by atoms with Crippen LogP contribution in [0.5, 0.6) is 0 Å². The summed E-state index contributed by atoms with van der Waals surface area (Å²) < 4.78 is 0. The second kappa shape index (κ2) is 7.41. The highest BCUT2D eigenvalue weighted by Gasteiger charge is 2.64. The maximum Gasteiger partial charge on any atom is 0.161 e. The summed E-state index contributed by atoms with van der Waals surface area (Å²) in [7, 11) is 4.09. The minimum Gasteiger partial charge on any atom is -0.382 e. The van der Waals surface area contributed by atoms with Crippen molar-refractivity contribution in [2.75, 3.05) is 19.0 Å². The van der Waals surface area contributed by atoms with Gasteiger partial charge in [0.2, 0.25) is 0 Å². The number of fused-ring (bicyclic) bond motifs is 4. The Hall–Kier alpha value is -2.20. The van der Waals surface area contributed by atoms with Gasteiger partial charge in [0.05, 0.1) is 0 Å². The number of carbonyl (C=O) groups excluding carboxylic acids is 2. The zero-order valence-corrected chi connectivity index (χ0v) is 19.8. The molecule has 4 heteroatoms. The van der Waals surface area contributed by atoms with Crippen LogP contribution in [0.25, 0.3) is 0 Å². The van der Waals surface area contributed by atoms with Gasteiger partial charge in [-0.2, -0.15) is 0 Å². The minimum absolute atomic E-state index is 0.0834. The molecule has 0 aromatic heterocycles. The van der Waals surface area contributed by atoms with Crippen LogP contribution in [0.15, 0.2) is 47.1 Å². The van der Waals surface area contributed by atoms with Crippen LogP contribution in [0, 0.1) is 17.3 Å². The lowest BCUT2D eigenvalue weighted by molar-refractivity contribution is -0.152. The van der Waals surface area contributed by atoms with Crippen LogP contribution < -0.4 is 4.90 Å². The molecule has 0 spiro atoms. The third-order valence-corrected chi connectivity index (χ3v) is 9.28. The van der Waals surface area contributed by atoms with Gasteiger partial charge in [0.25, 0.3) is 0 Å². The van der Waals surface area contributed by atoms with Gasteiger partial charge in [-0.3, -0.25) is 9.59 Å². The molecule has 1 unspecified atom stereocenters. The average molecular weight is 434 g/mol. The molecular formula is C28H35NO3. The van der Waals surface area contributed by atoms with Crippen molar-refractivity contribution in [3.8, 4) is 0 Å². The summed E-state index contributed by atoms with van der Waals surface area (Å²) in [5, 5.41) is 11.6. The van der Waals surface area contributed by atoms with Gasteiger partial charge in [0, 0.05) is 37.5 Å². The number of Topliss-reactive ketones (excluding diaryl/α,β-unsaturated/α-hetero) is 1. The van der Waals surface area contributed by atoms with E-state index in [0.29, 0.717) is 24.7 Å². The first kappa shape index (κ1) is 21.6. The van der Waals surface area contributed by atoms with Crippen LogP contribution in [0.1, 0.15) is 70.3 Å². The highest BCUT2D eigenvalue weighted by Crippen LogP contribution is 2.66. The van der Waals surface area contributed by atoms with Gasteiger partial charge >= 0.3 is 0 Å². The summed E-state index contributed by atoms with van der Waals surface area (Å²) >= 11 is 0. The van der Waals surface area contributed by atoms with E-state index in [4.69, 9.17) is 0 Å². The second-order valence-corrected chi connectivity index (χ2v) is 10.9. The van der Waals surface area contributed by atoms with E-state index < -0.39 is 11.0 Å². The lowest BCUT2D eigenvalue weighted by atomic mass is 9.51. The molecule has 0 bridgehead atoms. The van der Waals surface area contributed by atoms with Gasteiger partial charge in [-0.15, -0.1) is 0 Å². The summed E-state index contributed by atoms with van der Waals surface area (Å²) in [4.78, 5) is 27.0. The van der Waals surface area contributed by atoms with Gasteiger partial charge in [-0.25, -0.2) is 0 Å². The van der Waals surface area contributed by atoms with Crippen LogP contribution >= 0.6 is 0 Å².